The third-order valence-electron chi connectivity index (χ3n) is 5.40. The molecule has 2 aromatic carbocycles. The number of amides is 1. The highest BCUT2D eigenvalue weighted by atomic mass is 16.6. The van der Waals surface area contributed by atoms with Gasteiger partial charge in [-0.05, 0) is 36.2 Å². The zero-order chi connectivity index (χ0) is 24.8. The third-order valence-corrected chi connectivity index (χ3v) is 5.40. The van der Waals surface area contributed by atoms with Crippen LogP contribution in [0.4, 0.5) is 22.1 Å². The maximum Gasteiger partial charge on any atom is 0.414 e. The van der Waals surface area contributed by atoms with Crippen molar-refractivity contribution in [2.75, 3.05) is 30.9 Å². The van der Waals surface area contributed by atoms with E-state index in [4.69, 9.17) is 4.74 Å². The minimum atomic E-state index is -0.677. The molecule has 1 atom stereocenters. The molecule has 0 saturated carbocycles. The van der Waals surface area contributed by atoms with E-state index in [1.807, 2.05) is 80.5 Å². The van der Waals surface area contributed by atoms with Gasteiger partial charge in [0.15, 0.2) is 0 Å². The van der Waals surface area contributed by atoms with Crippen LogP contribution in [0.5, 0.6) is 5.88 Å². The Hall–Kier alpha value is -4.37. The number of rotatable bonds is 8. The second-order valence-electron chi connectivity index (χ2n) is 8.23. The molecule has 0 aliphatic rings. The molecule has 4 N–H and O–H groups in total. The first-order valence-electron chi connectivity index (χ1n) is 11.1. The summed E-state index contributed by atoms with van der Waals surface area (Å²) in [5, 5.41) is 15.6. The number of aliphatic hydroxyl groups excluding tert-OH is 1. The molecule has 2 heterocycles. The van der Waals surface area contributed by atoms with Crippen molar-refractivity contribution in [3.8, 4) is 17.1 Å². The lowest BCUT2D eigenvalue weighted by Crippen LogP contribution is -2.33. The third kappa shape index (κ3) is 5.96. The summed E-state index contributed by atoms with van der Waals surface area (Å²) >= 11 is 0. The number of benzene rings is 2. The van der Waals surface area contributed by atoms with E-state index in [1.165, 1.54) is 0 Å². The Kier molecular flexibility index (Phi) is 7.27. The Morgan fingerprint density at radius 2 is 1.94 bits per heavy atom. The molecular formula is C26H28N6O3. The Morgan fingerprint density at radius 3 is 2.69 bits per heavy atom. The van der Waals surface area contributed by atoms with E-state index in [-0.39, 0.29) is 12.5 Å². The zero-order valence-corrected chi connectivity index (χ0v) is 19.8. The van der Waals surface area contributed by atoms with Gasteiger partial charge in [-0.15, -0.1) is 0 Å². The number of carbonyl (C=O) groups is 1. The van der Waals surface area contributed by atoms with Gasteiger partial charge in [0, 0.05) is 49.5 Å². The maximum atomic E-state index is 12.4. The number of anilines is 3. The van der Waals surface area contributed by atoms with Crippen LogP contribution in [0.15, 0.2) is 73.1 Å². The van der Waals surface area contributed by atoms with Gasteiger partial charge in [0.2, 0.25) is 11.8 Å². The van der Waals surface area contributed by atoms with Gasteiger partial charge in [0.25, 0.3) is 0 Å². The van der Waals surface area contributed by atoms with Gasteiger partial charge in [-0.25, -0.2) is 14.8 Å². The van der Waals surface area contributed by atoms with Crippen LogP contribution in [0.3, 0.4) is 0 Å². The maximum absolute atomic E-state index is 12.4. The molecule has 0 saturated heterocycles. The number of H-pyrrole nitrogens is 1. The number of aromatic nitrogens is 3. The van der Waals surface area contributed by atoms with Crippen molar-refractivity contribution in [3.05, 3.63) is 84.2 Å². The number of nitrogens with zero attached hydrogens (tertiary/aromatic N) is 3. The molecule has 2 aromatic heterocycles. The number of carbonyl (C=O) groups excluding carboxylic acids is 1. The Morgan fingerprint density at radius 1 is 1.14 bits per heavy atom. The summed E-state index contributed by atoms with van der Waals surface area (Å²) in [7, 11) is 3.97. The predicted octanol–water partition coefficient (Wildman–Crippen LogP) is 4.41. The second-order valence-corrected chi connectivity index (χ2v) is 8.23. The van der Waals surface area contributed by atoms with Gasteiger partial charge in [0.1, 0.15) is 0 Å². The molecule has 9 nitrogen and oxygen atoms in total. The standard InChI is InChI=1S/C26H28N6O3/c1-17-14-28-25(29-20-10-7-11-21(13-20)32(2)3)31-24(17)19-12-23(27-15-19)35-26(34)30-22(16-33)18-8-5-4-6-9-18/h4-15,22,27,33H,16H2,1-3H3,(H,30,34)(H,28,29,31). The average Bonchev–Trinajstić information content (AvgIpc) is 3.32. The van der Waals surface area contributed by atoms with Crippen LogP contribution in [0, 0.1) is 6.92 Å². The molecule has 0 aliphatic carbocycles. The van der Waals surface area contributed by atoms with E-state index in [0.29, 0.717) is 11.6 Å². The van der Waals surface area contributed by atoms with Gasteiger partial charge in [-0.3, -0.25) is 0 Å². The van der Waals surface area contributed by atoms with Crippen LogP contribution in [-0.2, 0) is 0 Å². The van der Waals surface area contributed by atoms with E-state index in [2.05, 4.69) is 25.6 Å². The lowest BCUT2D eigenvalue weighted by molar-refractivity contribution is 0.182. The number of aliphatic hydroxyl groups is 1. The van der Waals surface area contributed by atoms with Crippen molar-refractivity contribution in [1.29, 1.82) is 0 Å². The van der Waals surface area contributed by atoms with Crippen molar-refractivity contribution < 1.29 is 14.6 Å². The first kappa shape index (κ1) is 23.8. The predicted molar refractivity (Wildman–Crippen MR) is 136 cm³/mol. The SMILES string of the molecule is Cc1cnc(Nc2cccc(N(C)C)c2)nc1-c1c[nH]c(OC(=O)NC(CO)c2ccccc2)c1. The van der Waals surface area contributed by atoms with E-state index in [1.54, 1.807) is 18.5 Å². The number of hydrogen-bond donors (Lipinski definition) is 4. The van der Waals surface area contributed by atoms with Gasteiger partial charge >= 0.3 is 6.09 Å². The van der Waals surface area contributed by atoms with Crippen LogP contribution in [0.2, 0.25) is 0 Å². The molecule has 0 spiro atoms. The van der Waals surface area contributed by atoms with Crippen LogP contribution < -0.4 is 20.3 Å². The molecule has 9 heteroatoms. The van der Waals surface area contributed by atoms with Gasteiger partial charge in [-0.1, -0.05) is 36.4 Å². The van der Waals surface area contributed by atoms with Crippen molar-refractivity contribution in [2.24, 2.45) is 0 Å². The summed E-state index contributed by atoms with van der Waals surface area (Å²) in [6.45, 7) is 1.67. The highest BCUT2D eigenvalue weighted by Gasteiger charge is 2.16. The van der Waals surface area contributed by atoms with Gasteiger partial charge < -0.3 is 30.4 Å². The summed E-state index contributed by atoms with van der Waals surface area (Å²) in [4.78, 5) is 26.4. The summed E-state index contributed by atoms with van der Waals surface area (Å²) in [6, 6.07) is 18.3. The molecule has 180 valence electrons. The van der Waals surface area contributed by atoms with Gasteiger partial charge in [-0.2, -0.15) is 0 Å². The molecule has 1 amide bonds. The van der Waals surface area contributed by atoms with E-state index < -0.39 is 12.1 Å². The Balaban J connectivity index is 1.46. The number of aryl methyl sites for hydroxylation is 1. The minimum Gasteiger partial charge on any atom is -0.394 e. The fourth-order valence-electron chi connectivity index (χ4n) is 3.55. The molecule has 35 heavy (non-hydrogen) atoms. The quantitative estimate of drug-likeness (QED) is 0.300. The van der Waals surface area contributed by atoms with Crippen LogP contribution >= 0.6 is 0 Å². The van der Waals surface area contributed by atoms with Crippen molar-refractivity contribution in [2.45, 2.75) is 13.0 Å². The monoisotopic (exact) mass is 472 g/mol. The largest absolute Gasteiger partial charge is 0.414 e. The Labute approximate surface area is 203 Å². The van der Waals surface area contributed by atoms with E-state index >= 15 is 0 Å². The van der Waals surface area contributed by atoms with E-state index in [9.17, 15) is 9.90 Å². The molecule has 4 aromatic rings. The summed E-state index contributed by atoms with van der Waals surface area (Å²) in [6.07, 6.45) is 2.78. The normalized spacial score (nSPS) is 11.5. The highest BCUT2D eigenvalue weighted by molar-refractivity contribution is 5.72. The molecule has 0 bridgehead atoms. The van der Waals surface area contributed by atoms with Crippen molar-refractivity contribution in [1.82, 2.24) is 20.3 Å². The van der Waals surface area contributed by atoms with Gasteiger partial charge in [0.05, 0.1) is 18.3 Å². The van der Waals surface area contributed by atoms with E-state index in [0.717, 1.165) is 28.1 Å². The molecule has 0 aliphatic heterocycles. The topological polar surface area (TPSA) is 115 Å². The summed E-state index contributed by atoms with van der Waals surface area (Å²) in [5.41, 5.74) is 5.04. The van der Waals surface area contributed by atoms with Crippen LogP contribution in [0.1, 0.15) is 17.2 Å². The molecular weight excluding hydrogens is 444 g/mol. The number of ether oxygens (including phenoxy) is 1. The fraction of sp³-hybridized carbons (Fsp3) is 0.192. The van der Waals surface area contributed by atoms with Crippen molar-refractivity contribution in [3.63, 3.8) is 0 Å². The first-order chi connectivity index (χ1) is 16.9. The minimum absolute atomic E-state index is 0.248. The Bertz CT molecular complexity index is 1290. The fourth-order valence-corrected chi connectivity index (χ4v) is 3.55. The number of aromatic amines is 1. The van der Waals surface area contributed by atoms with Crippen LogP contribution in [-0.4, -0.2) is 46.9 Å². The molecule has 4 rings (SSSR count). The smallest absolute Gasteiger partial charge is 0.394 e. The van der Waals surface area contributed by atoms with Crippen molar-refractivity contribution >= 4 is 23.4 Å². The molecule has 0 radical (unpaired) electrons. The second kappa shape index (κ2) is 10.7. The lowest BCUT2D eigenvalue weighted by Gasteiger charge is -2.15. The summed E-state index contributed by atoms with van der Waals surface area (Å²) < 4.78 is 5.39. The first-order valence-corrected chi connectivity index (χ1v) is 11.1. The van der Waals surface area contributed by atoms with Crippen LogP contribution in [0.25, 0.3) is 11.3 Å². The molecule has 1 unspecified atom stereocenters. The summed E-state index contributed by atoms with van der Waals surface area (Å²) in [5.74, 6) is 0.713. The lowest BCUT2D eigenvalue weighted by atomic mass is 10.1. The number of nitrogens with one attached hydrogen (secondary N) is 3. The zero-order valence-electron chi connectivity index (χ0n) is 19.8. The average molecular weight is 473 g/mol. The number of hydrogen-bond acceptors (Lipinski definition) is 7. The molecule has 0 fully saturated rings. The highest BCUT2D eigenvalue weighted by Crippen LogP contribution is 2.27.